The highest BCUT2D eigenvalue weighted by Gasteiger charge is 2.24. The SMILES string of the molecule is Cc1nn(C)c(Cl)c1S(=O)(=O)NCCNC(=O)Cc1ccc(F)cc1. The number of carbonyl (C=O) groups excluding carboxylic acids is 1. The lowest BCUT2D eigenvalue weighted by molar-refractivity contribution is -0.120. The van der Waals surface area contributed by atoms with Crippen molar-refractivity contribution in [2.45, 2.75) is 18.2 Å². The van der Waals surface area contributed by atoms with Crippen LogP contribution in [0.1, 0.15) is 11.3 Å². The number of benzene rings is 1. The van der Waals surface area contributed by atoms with Gasteiger partial charge in [-0.15, -0.1) is 0 Å². The van der Waals surface area contributed by atoms with Gasteiger partial charge >= 0.3 is 0 Å². The van der Waals surface area contributed by atoms with Crippen molar-refractivity contribution < 1.29 is 17.6 Å². The number of aromatic nitrogens is 2. The molecule has 0 saturated carbocycles. The summed E-state index contributed by atoms with van der Waals surface area (Å²) in [6.07, 6.45) is 0.0839. The quantitative estimate of drug-likeness (QED) is 0.696. The van der Waals surface area contributed by atoms with Crippen molar-refractivity contribution in [2.24, 2.45) is 7.05 Å². The van der Waals surface area contributed by atoms with Gasteiger partial charge in [-0.3, -0.25) is 9.48 Å². The summed E-state index contributed by atoms with van der Waals surface area (Å²) >= 11 is 5.95. The molecule has 2 N–H and O–H groups in total. The van der Waals surface area contributed by atoms with Gasteiger partial charge in [0.2, 0.25) is 15.9 Å². The van der Waals surface area contributed by atoms with E-state index in [0.717, 1.165) is 0 Å². The van der Waals surface area contributed by atoms with Gasteiger partial charge in [-0.1, -0.05) is 23.7 Å². The first-order valence-corrected chi connectivity index (χ1v) is 9.26. The Bertz CT molecular complexity index is 866. The summed E-state index contributed by atoms with van der Waals surface area (Å²) in [5.41, 5.74) is 0.956. The van der Waals surface area contributed by atoms with Gasteiger partial charge < -0.3 is 5.32 Å². The van der Waals surface area contributed by atoms with Gasteiger partial charge in [-0.2, -0.15) is 5.10 Å². The number of carbonyl (C=O) groups is 1. The van der Waals surface area contributed by atoms with Crippen molar-refractivity contribution in [3.63, 3.8) is 0 Å². The van der Waals surface area contributed by atoms with Crippen molar-refractivity contribution in [1.82, 2.24) is 19.8 Å². The third kappa shape index (κ3) is 5.00. The van der Waals surface area contributed by atoms with Crippen LogP contribution >= 0.6 is 11.6 Å². The van der Waals surface area contributed by atoms with Crippen LogP contribution in [0.15, 0.2) is 29.2 Å². The Hall–Kier alpha value is -1.97. The number of sulfonamides is 1. The number of amides is 1. The molecule has 0 aliphatic rings. The van der Waals surface area contributed by atoms with Gasteiger partial charge in [0.05, 0.1) is 12.1 Å². The molecule has 0 atom stereocenters. The molecule has 1 heterocycles. The lowest BCUT2D eigenvalue weighted by atomic mass is 10.1. The summed E-state index contributed by atoms with van der Waals surface area (Å²) in [7, 11) is -2.27. The van der Waals surface area contributed by atoms with Crippen molar-refractivity contribution in [3.05, 3.63) is 46.5 Å². The Kier molecular flexibility index (Phi) is 6.15. The summed E-state index contributed by atoms with van der Waals surface area (Å²) in [6.45, 7) is 1.66. The molecule has 0 unspecified atom stereocenters. The average molecular weight is 389 g/mol. The minimum atomic E-state index is -3.82. The summed E-state index contributed by atoms with van der Waals surface area (Å²) in [5.74, 6) is -0.663. The number of rotatable bonds is 7. The zero-order chi connectivity index (χ0) is 18.6. The van der Waals surface area contributed by atoms with E-state index in [4.69, 9.17) is 11.6 Å². The molecular formula is C15H18ClFN4O3S. The summed E-state index contributed by atoms with van der Waals surface area (Å²) < 4.78 is 41.0. The van der Waals surface area contributed by atoms with Crippen LogP contribution in [0, 0.1) is 12.7 Å². The predicted octanol–water partition coefficient (Wildman–Crippen LogP) is 1.16. The molecule has 0 aliphatic carbocycles. The Labute approximate surface area is 150 Å². The highest BCUT2D eigenvalue weighted by atomic mass is 35.5. The Balaban J connectivity index is 1.84. The van der Waals surface area contributed by atoms with Gasteiger partial charge in [0.15, 0.2) is 0 Å². The molecule has 1 amide bonds. The van der Waals surface area contributed by atoms with Gasteiger partial charge in [0.25, 0.3) is 0 Å². The summed E-state index contributed by atoms with van der Waals surface area (Å²) in [6, 6.07) is 5.59. The summed E-state index contributed by atoms with van der Waals surface area (Å²) in [4.78, 5) is 11.7. The number of hydrogen-bond donors (Lipinski definition) is 2. The molecule has 2 aromatic rings. The molecule has 0 radical (unpaired) electrons. The normalized spacial score (nSPS) is 11.5. The molecule has 0 saturated heterocycles. The average Bonchev–Trinajstić information content (AvgIpc) is 2.79. The lowest BCUT2D eigenvalue weighted by Gasteiger charge is -2.08. The Morgan fingerprint density at radius 2 is 1.92 bits per heavy atom. The second-order valence-electron chi connectivity index (χ2n) is 5.38. The first-order chi connectivity index (χ1) is 11.7. The standard InChI is InChI=1S/C15H18ClFN4O3S/c1-10-14(15(16)21(2)20-10)25(23,24)19-8-7-18-13(22)9-11-3-5-12(17)6-4-11/h3-6,19H,7-9H2,1-2H3,(H,18,22). The van der Waals surface area contributed by atoms with E-state index in [1.807, 2.05) is 0 Å². The molecule has 2 rings (SSSR count). The topological polar surface area (TPSA) is 93.1 Å². The third-order valence-corrected chi connectivity index (χ3v) is 5.54. The molecule has 0 aliphatic heterocycles. The molecule has 0 spiro atoms. The van der Waals surface area contributed by atoms with Crippen molar-refractivity contribution in [1.29, 1.82) is 0 Å². The zero-order valence-electron chi connectivity index (χ0n) is 13.7. The second kappa shape index (κ2) is 7.94. The molecule has 136 valence electrons. The van der Waals surface area contributed by atoms with E-state index >= 15 is 0 Å². The van der Waals surface area contributed by atoms with E-state index in [1.54, 1.807) is 14.0 Å². The molecule has 10 heteroatoms. The number of hydrogen-bond acceptors (Lipinski definition) is 4. The minimum absolute atomic E-state index is 0.00214. The number of halogens is 2. The fourth-order valence-electron chi connectivity index (χ4n) is 2.23. The number of nitrogens with one attached hydrogen (secondary N) is 2. The smallest absolute Gasteiger partial charge is 0.245 e. The van der Waals surface area contributed by atoms with Crippen LogP contribution in [0.2, 0.25) is 5.15 Å². The van der Waals surface area contributed by atoms with E-state index in [0.29, 0.717) is 11.3 Å². The van der Waals surface area contributed by atoms with Crippen LogP contribution in [0.4, 0.5) is 4.39 Å². The molecule has 1 aromatic heterocycles. The molecule has 25 heavy (non-hydrogen) atoms. The molecule has 0 bridgehead atoms. The Morgan fingerprint density at radius 3 is 2.48 bits per heavy atom. The van der Waals surface area contributed by atoms with Crippen LogP contribution in [0.3, 0.4) is 0 Å². The van der Waals surface area contributed by atoms with Crippen molar-refractivity contribution in [3.8, 4) is 0 Å². The fraction of sp³-hybridized carbons (Fsp3) is 0.333. The Morgan fingerprint density at radius 1 is 1.28 bits per heavy atom. The fourth-order valence-corrected chi connectivity index (χ4v) is 4.00. The maximum absolute atomic E-state index is 12.8. The monoisotopic (exact) mass is 388 g/mol. The second-order valence-corrected chi connectivity index (χ2v) is 7.44. The third-order valence-electron chi connectivity index (χ3n) is 3.39. The van der Waals surface area contributed by atoms with Gasteiger partial charge in [-0.05, 0) is 24.6 Å². The van der Waals surface area contributed by atoms with Gasteiger partial charge in [-0.25, -0.2) is 17.5 Å². The minimum Gasteiger partial charge on any atom is -0.355 e. The molecule has 1 aromatic carbocycles. The van der Waals surface area contributed by atoms with Gasteiger partial charge in [0.1, 0.15) is 15.9 Å². The largest absolute Gasteiger partial charge is 0.355 e. The lowest BCUT2D eigenvalue weighted by Crippen LogP contribution is -2.35. The van der Waals surface area contributed by atoms with Crippen LogP contribution < -0.4 is 10.0 Å². The first-order valence-electron chi connectivity index (χ1n) is 7.40. The van der Waals surface area contributed by atoms with E-state index in [2.05, 4.69) is 15.1 Å². The number of aryl methyl sites for hydroxylation is 2. The maximum atomic E-state index is 12.8. The zero-order valence-corrected chi connectivity index (χ0v) is 15.3. The van der Waals surface area contributed by atoms with Crippen LogP contribution in [0.5, 0.6) is 0 Å². The van der Waals surface area contributed by atoms with Crippen LogP contribution in [0.25, 0.3) is 0 Å². The van der Waals surface area contributed by atoms with Crippen molar-refractivity contribution >= 4 is 27.5 Å². The van der Waals surface area contributed by atoms with Gasteiger partial charge in [0, 0.05) is 20.1 Å². The van der Waals surface area contributed by atoms with E-state index in [9.17, 15) is 17.6 Å². The van der Waals surface area contributed by atoms with E-state index < -0.39 is 10.0 Å². The van der Waals surface area contributed by atoms with Crippen LogP contribution in [-0.4, -0.2) is 37.2 Å². The highest BCUT2D eigenvalue weighted by molar-refractivity contribution is 7.89. The predicted molar refractivity (Wildman–Crippen MR) is 91.3 cm³/mol. The summed E-state index contributed by atoms with van der Waals surface area (Å²) in [5, 5.41) is 6.57. The molecular weight excluding hydrogens is 371 g/mol. The number of nitrogens with zero attached hydrogens (tertiary/aromatic N) is 2. The maximum Gasteiger partial charge on any atom is 0.245 e. The van der Waals surface area contributed by atoms with E-state index in [-0.39, 0.29) is 41.3 Å². The van der Waals surface area contributed by atoms with Crippen LogP contribution in [-0.2, 0) is 28.3 Å². The molecule has 7 nitrogen and oxygen atoms in total. The molecule has 0 fully saturated rings. The first kappa shape index (κ1) is 19.4. The van der Waals surface area contributed by atoms with Crippen molar-refractivity contribution in [2.75, 3.05) is 13.1 Å². The van der Waals surface area contributed by atoms with E-state index in [1.165, 1.54) is 28.9 Å². The highest BCUT2D eigenvalue weighted by Crippen LogP contribution is 2.23.